The summed E-state index contributed by atoms with van der Waals surface area (Å²) < 4.78 is 11.8. The highest BCUT2D eigenvalue weighted by Crippen LogP contribution is 2.35. The quantitative estimate of drug-likeness (QED) is 0.768. The van der Waals surface area contributed by atoms with Gasteiger partial charge in [0.05, 0.1) is 19.4 Å². The number of hydrogen-bond acceptors (Lipinski definition) is 6. The summed E-state index contributed by atoms with van der Waals surface area (Å²) in [5.41, 5.74) is 3.39. The minimum absolute atomic E-state index is 0.0641. The molecule has 0 amide bonds. The highest BCUT2D eigenvalue weighted by atomic mass is 16.7. The molecule has 2 aromatic rings. The largest absolute Gasteiger partial charge is 0.493 e. The fourth-order valence-corrected chi connectivity index (χ4v) is 3.91. The monoisotopic (exact) mass is 383 g/mol. The minimum Gasteiger partial charge on any atom is -0.493 e. The maximum Gasteiger partial charge on any atom is 0.168 e. The van der Waals surface area contributed by atoms with E-state index >= 15 is 0 Å². The van der Waals surface area contributed by atoms with Crippen LogP contribution >= 0.6 is 0 Å². The van der Waals surface area contributed by atoms with Crippen LogP contribution in [0, 0.1) is 0 Å². The Morgan fingerprint density at radius 3 is 2.50 bits per heavy atom. The van der Waals surface area contributed by atoms with Gasteiger partial charge >= 0.3 is 0 Å². The molecule has 0 saturated carbocycles. The van der Waals surface area contributed by atoms with Crippen molar-refractivity contribution >= 4 is 5.71 Å². The molecular formula is C22H25NO5. The predicted molar refractivity (Wildman–Crippen MR) is 105 cm³/mol. The van der Waals surface area contributed by atoms with E-state index < -0.39 is 5.60 Å². The summed E-state index contributed by atoms with van der Waals surface area (Å²) in [6.07, 6.45) is 2.57. The van der Waals surface area contributed by atoms with Crippen molar-refractivity contribution in [3.63, 3.8) is 0 Å². The molecule has 0 radical (unpaired) electrons. The molecule has 0 unspecified atom stereocenters. The molecule has 0 aromatic heterocycles. The van der Waals surface area contributed by atoms with Gasteiger partial charge in [0.1, 0.15) is 6.10 Å². The van der Waals surface area contributed by atoms with Crippen molar-refractivity contribution in [3.8, 4) is 11.5 Å². The van der Waals surface area contributed by atoms with Crippen molar-refractivity contribution in [1.82, 2.24) is 0 Å². The zero-order chi connectivity index (χ0) is 19.6. The van der Waals surface area contributed by atoms with Crippen LogP contribution in [0.3, 0.4) is 0 Å². The number of methoxy groups -OCH3 is 1. The number of ether oxygens (including phenoxy) is 2. The smallest absolute Gasteiger partial charge is 0.168 e. The van der Waals surface area contributed by atoms with Crippen LogP contribution in [-0.2, 0) is 17.7 Å². The van der Waals surface area contributed by atoms with Crippen molar-refractivity contribution in [2.45, 2.75) is 37.4 Å². The molecule has 2 N–H and O–H groups in total. The zero-order valence-corrected chi connectivity index (χ0v) is 15.9. The van der Waals surface area contributed by atoms with Crippen LogP contribution in [0.15, 0.2) is 47.6 Å². The molecule has 1 atom stereocenters. The number of oxime groups is 1. The third-order valence-electron chi connectivity index (χ3n) is 5.50. The average Bonchev–Trinajstić information content (AvgIpc) is 3.32. The molecule has 0 spiro atoms. The van der Waals surface area contributed by atoms with Gasteiger partial charge < -0.3 is 24.5 Å². The van der Waals surface area contributed by atoms with Gasteiger partial charge in [0, 0.05) is 37.9 Å². The van der Waals surface area contributed by atoms with E-state index in [2.05, 4.69) is 29.4 Å². The first kappa shape index (κ1) is 18.8. The molecule has 0 fully saturated rings. The summed E-state index contributed by atoms with van der Waals surface area (Å²) in [5.74, 6) is 1.34. The molecule has 2 aliphatic rings. The van der Waals surface area contributed by atoms with Crippen LogP contribution in [0.5, 0.6) is 11.5 Å². The fraction of sp³-hybridized carbons (Fsp3) is 0.409. The Balaban J connectivity index is 1.53. The maximum absolute atomic E-state index is 9.67. The minimum atomic E-state index is -0.849. The van der Waals surface area contributed by atoms with E-state index in [1.54, 1.807) is 7.11 Å². The van der Waals surface area contributed by atoms with Gasteiger partial charge in [-0.1, -0.05) is 29.4 Å². The second-order valence-corrected chi connectivity index (χ2v) is 7.40. The Labute approximate surface area is 164 Å². The number of nitrogens with zero attached hydrogens (tertiary/aromatic N) is 1. The van der Waals surface area contributed by atoms with Crippen LogP contribution in [0.4, 0.5) is 0 Å². The average molecular weight is 383 g/mol. The molecule has 148 valence electrons. The van der Waals surface area contributed by atoms with E-state index in [0.717, 1.165) is 24.1 Å². The maximum atomic E-state index is 9.67. The first-order valence-electron chi connectivity index (χ1n) is 9.55. The van der Waals surface area contributed by atoms with E-state index in [9.17, 15) is 10.2 Å². The molecule has 1 aliphatic heterocycles. The van der Waals surface area contributed by atoms with E-state index in [1.807, 2.05) is 18.2 Å². The molecular weight excluding hydrogens is 358 g/mol. The molecule has 1 heterocycles. The molecule has 6 nitrogen and oxygen atoms in total. The molecule has 0 saturated heterocycles. The number of aliphatic hydroxyl groups is 2. The second kappa shape index (κ2) is 7.81. The topological polar surface area (TPSA) is 80.5 Å². The van der Waals surface area contributed by atoms with Crippen molar-refractivity contribution in [2.24, 2.45) is 5.16 Å². The number of hydrogen-bond donors (Lipinski definition) is 2. The van der Waals surface area contributed by atoms with Gasteiger partial charge in [-0.3, -0.25) is 0 Å². The molecule has 1 aliphatic carbocycles. The number of benzene rings is 2. The first-order chi connectivity index (χ1) is 13.7. The molecule has 4 rings (SSSR count). The van der Waals surface area contributed by atoms with E-state index in [4.69, 9.17) is 14.3 Å². The standard InChI is InChI=1S/C22H25NO5/c1-26-20-7-6-17(19-13-22(14-25,8-9-24)28-23-19)12-21(20)27-18-10-15-4-2-3-5-16(15)11-18/h2-7,12,18,24-25H,8-11,13-14H2,1H3/t22-/m1/s1. The normalized spacial score (nSPS) is 21.2. The molecule has 6 heteroatoms. The molecule has 0 bridgehead atoms. The zero-order valence-electron chi connectivity index (χ0n) is 15.9. The van der Waals surface area contributed by atoms with Crippen LogP contribution in [-0.4, -0.2) is 48.0 Å². The lowest BCUT2D eigenvalue weighted by molar-refractivity contribution is -0.0697. The van der Waals surface area contributed by atoms with Gasteiger partial charge in [0.2, 0.25) is 0 Å². The lowest BCUT2D eigenvalue weighted by Gasteiger charge is -2.22. The van der Waals surface area contributed by atoms with Crippen molar-refractivity contribution in [2.75, 3.05) is 20.3 Å². The summed E-state index contributed by atoms with van der Waals surface area (Å²) in [4.78, 5) is 5.48. The SMILES string of the molecule is COc1ccc(C2=NO[C@](CO)(CCO)C2)cc1OC1Cc2ccccc2C1. The van der Waals surface area contributed by atoms with Crippen molar-refractivity contribution in [1.29, 1.82) is 0 Å². The van der Waals surface area contributed by atoms with Gasteiger partial charge in [-0.25, -0.2) is 0 Å². The van der Waals surface area contributed by atoms with Crippen LogP contribution in [0.2, 0.25) is 0 Å². The van der Waals surface area contributed by atoms with Crippen molar-refractivity contribution in [3.05, 3.63) is 59.2 Å². The van der Waals surface area contributed by atoms with Gasteiger partial charge in [-0.15, -0.1) is 0 Å². The van der Waals surface area contributed by atoms with E-state index in [1.165, 1.54) is 11.1 Å². The lowest BCUT2D eigenvalue weighted by Crippen LogP contribution is -2.34. The summed E-state index contributed by atoms with van der Waals surface area (Å²) in [7, 11) is 1.62. The van der Waals surface area contributed by atoms with Gasteiger partial charge in [-0.2, -0.15) is 0 Å². The number of fused-ring (bicyclic) bond motifs is 1. The van der Waals surface area contributed by atoms with E-state index in [-0.39, 0.29) is 19.3 Å². The van der Waals surface area contributed by atoms with Crippen LogP contribution < -0.4 is 9.47 Å². The Bertz CT molecular complexity index is 856. The highest BCUT2D eigenvalue weighted by Gasteiger charge is 2.39. The Hall–Kier alpha value is -2.57. The third-order valence-corrected chi connectivity index (χ3v) is 5.50. The predicted octanol–water partition coefficient (Wildman–Crippen LogP) is 2.48. The third kappa shape index (κ3) is 3.57. The van der Waals surface area contributed by atoms with Crippen molar-refractivity contribution < 1.29 is 24.5 Å². The Kier molecular flexibility index (Phi) is 5.24. The van der Waals surface area contributed by atoms with Crippen LogP contribution in [0.1, 0.15) is 29.5 Å². The Morgan fingerprint density at radius 2 is 1.86 bits per heavy atom. The summed E-state index contributed by atoms with van der Waals surface area (Å²) in [6, 6.07) is 14.1. The molecule has 2 aromatic carbocycles. The number of rotatable bonds is 7. The fourth-order valence-electron chi connectivity index (χ4n) is 3.91. The van der Waals surface area contributed by atoms with E-state index in [0.29, 0.717) is 24.3 Å². The van der Waals surface area contributed by atoms with Gasteiger partial charge in [0.15, 0.2) is 17.1 Å². The summed E-state index contributed by atoms with van der Waals surface area (Å²) in [5, 5.41) is 23.1. The van der Waals surface area contributed by atoms with Gasteiger partial charge in [-0.05, 0) is 29.3 Å². The lowest BCUT2D eigenvalue weighted by atomic mass is 9.92. The highest BCUT2D eigenvalue weighted by molar-refractivity contribution is 6.02. The first-order valence-corrected chi connectivity index (χ1v) is 9.55. The van der Waals surface area contributed by atoms with Gasteiger partial charge in [0.25, 0.3) is 0 Å². The summed E-state index contributed by atoms with van der Waals surface area (Å²) in [6.45, 7) is -0.261. The summed E-state index contributed by atoms with van der Waals surface area (Å²) >= 11 is 0. The molecule has 28 heavy (non-hydrogen) atoms. The Morgan fingerprint density at radius 1 is 1.11 bits per heavy atom. The number of aliphatic hydroxyl groups excluding tert-OH is 2. The van der Waals surface area contributed by atoms with Crippen LogP contribution in [0.25, 0.3) is 0 Å². The second-order valence-electron chi connectivity index (χ2n) is 7.40.